The Morgan fingerprint density at radius 2 is 1.79 bits per heavy atom. The maximum Gasteiger partial charge on any atom is 0.276 e. The van der Waals surface area contributed by atoms with Crippen molar-refractivity contribution < 1.29 is 14.1 Å². The maximum absolute atomic E-state index is 12.7. The molecule has 5 rings (SSSR count). The second-order valence-electron chi connectivity index (χ2n) is 7.54. The first kappa shape index (κ1) is 17.4. The van der Waals surface area contributed by atoms with Gasteiger partial charge in [0.1, 0.15) is 5.76 Å². The highest BCUT2D eigenvalue weighted by molar-refractivity contribution is 5.92. The quantitative estimate of drug-likeness (QED) is 0.776. The summed E-state index contributed by atoms with van der Waals surface area (Å²) in [6.07, 6.45) is 4.06. The van der Waals surface area contributed by atoms with Crippen LogP contribution in [0.25, 0.3) is 0 Å². The number of anilines is 2. The van der Waals surface area contributed by atoms with Gasteiger partial charge in [-0.3, -0.25) is 4.79 Å². The van der Waals surface area contributed by atoms with E-state index in [0.717, 1.165) is 69.5 Å². The van der Waals surface area contributed by atoms with E-state index >= 15 is 0 Å². The summed E-state index contributed by atoms with van der Waals surface area (Å²) in [5.41, 5.74) is 1.49. The fraction of sp³-hybridized carbons (Fsp3) is 0.579. The van der Waals surface area contributed by atoms with Crippen molar-refractivity contribution in [2.75, 3.05) is 62.3 Å². The van der Waals surface area contributed by atoms with E-state index in [1.54, 1.807) is 6.20 Å². The molecule has 0 aromatic carbocycles. The number of rotatable bonds is 4. The van der Waals surface area contributed by atoms with Gasteiger partial charge >= 0.3 is 0 Å². The first-order valence-electron chi connectivity index (χ1n) is 9.94. The van der Waals surface area contributed by atoms with Gasteiger partial charge in [-0.1, -0.05) is 5.16 Å². The zero-order chi connectivity index (χ0) is 18.9. The Labute approximate surface area is 163 Å². The summed E-state index contributed by atoms with van der Waals surface area (Å²) in [6, 6.07) is 3.89. The average Bonchev–Trinajstić information content (AvgIpc) is 3.51. The number of aromatic nitrogens is 3. The molecule has 0 unspecified atom stereocenters. The predicted molar refractivity (Wildman–Crippen MR) is 102 cm³/mol. The molecule has 0 radical (unpaired) electrons. The van der Waals surface area contributed by atoms with Gasteiger partial charge in [-0.25, -0.2) is 0 Å². The molecule has 0 atom stereocenters. The highest BCUT2D eigenvalue weighted by Crippen LogP contribution is 2.40. The minimum absolute atomic E-state index is 0.0524. The molecular formula is C19H24N6O3. The van der Waals surface area contributed by atoms with Gasteiger partial charge in [-0.05, 0) is 12.8 Å². The molecule has 9 heteroatoms. The second-order valence-corrected chi connectivity index (χ2v) is 7.54. The van der Waals surface area contributed by atoms with Crippen LogP contribution in [-0.4, -0.2) is 78.6 Å². The molecule has 3 fully saturated rings. The highest BCUT2D eigenvalue weighted by Gasteiger charge is 2.31. The molecule has 0 bridgehead atoms. The van der Waals surface area contributed by atoms with Crippen LogP contribution in [0.4, 0.5) is 11.5 Å². The van der Waals surface area contributed by atoms with Crippen LogP contribution >= 0.6 is 0 Å². The number of carbonyl (C=O) groups is 1. The van der Waals surface area contributed by atoms with Gasteiger partial charge in [0, 0.05) is 57.3 Å². The SMILES string of the molecule is O=C(c1cc(C2CC2)on1)N1CCN(c2cc(N3CCOCC3)cnn2)CC1. The highest BCUT2D eigenvalue weighted by atomic mass is 16.5. The Hall–Kier alpha value is -2.68. The van der Waals surface area contributed by atoms with Crippen molar-refractivity contribution in [3.8, 4) is 0 Å². The normalized spacial score (nSPS) is 20.5. The van der Waals surface area contributed by atoms with Gasteiger partial charge in [0.05, 0.1) is 25.1 Å². The standard InChI is InChI=1S/C19H24N6O3/c26-19(16-12-17(28-22-16)14-1-2-14)25-5-3-24(4-6-25)18-11-15(13-20-21-18)23-7-9-27-10-8-23/h11-14H,1-10H2. The van der Waals surface area contributed by atoms with E-state index in [0.29, 0.717) is 24.7 Å². The molecule has 4 heterocycles. The van der Waals surface area contributed by atoms with Gasteiger partial charge in [-0.15, -0.1) is 5.10 Å². The first-order valence-corrected chi connectivity index (χ1v) is 9.94. The Kier molecular flexibility index (Phi) is 4.59. The Bertz CT molecular complexity index is 838. The second kappa shape index (κ2) is 7.38. The average molecular weight is 384 g/mol. The minimum atomic E-state index is -0.0524. The Morgan fingerprint density at radius 3 is 2.54 bits per heavy atom. The molecule has 148 valence electrons. The molecular weight excluding hydrogens is 360 g/mol. The van der Waals surface area contributed by atoms with E-state index in [-0.39, 0.29) is 5.91 Å². The van der Waals surface area contributed by atoms with Crippen LogP contribution in [0.2, 0.25) is 0 Å². The summed E-state index contributed by atoms with van der Waals surface area (Å²) in [4.78, 5) is 19.0. The first-order chi connectivity index (χ1) is 13.8. The van der Waals surface area contributed by atoms with E-state index in [1.807, 2.05) is 11.0 Å². The van der Waals surface area contributed by atoms with Crippen molar-refractivity contribution in [3.63, 3.8) is 0 Å². The largest absolute Gasteiger partial charge is 0.378 e. The zero-order valence-electron chi connectivity index (χ0n) is 15.8. The molecule has 0 N–H and O–H groups in total. The lowest BCUT2D eigenvalue weighted by Crippen LogP contribution is -2.49. The molecule has 1 saturated carbocycles. The van der Waals surface area contributed by atoms with E-state index in [2.05, 4.69) is 31.2 Å². The zero-order valence-corrected chi connectivity index (χ0v) is 15.8. The number of morpholine rings is 1. The number of piperazine rings is 1. The molecule has 28 heavy (non-hydrogen) atoms. The number of ether oxygens (including phenoxy) is 1. The van der Waals surface area contributed by atoms with E-state index < -0.39 is 0 Å². The van der Waals surface area contributed by atoms with Crippen LogP contribution in [0.15, 0.2) is 22.9 Å². The van der Waals surface area contributed by atoms with E-state index in [4.69, 9.17) is 9.26 Å². The Morgan fingerprint density at radius 1 is 1.00 bits per heavy atom. The minimum Gasteiger partial charge on any atom is -0.378 e. The lowest BCUT2D eigenvalue weighted by molar-refractivity contribution is 0.0736. The molecule has 1 amide bonds. The van der Waals surface area contributed by atoms with Crippen molar-refractivity contribution in [2.45, 2.75) is 18.8 Å². The van der Waals surface area contributed by atoms with Crippen molar-refractivity contribution in [3.05, 3.63) is 29.8 Å². The van der Waals surface area contributed by atoms with Crippen LogP contribution < -0.4 is 9.80 Å². The Balaban J connectivity index is 1.21. The molecule has 2 aromatic heterocycles. The maximum atomic E-state index is 12.7. The van der Waals surface area contributed by atoms with Crippen LogP contribution in [0.3, 0.4) is 0 Å². The van der Waals surface area contributed by atoms with E-state index in [9.17, 15) is 4.79 Å². The molecule has 2 aromatic rings. The van der Waals surface area contributed by atoms with Crippen LogP contribution in [0.1, 0.15) is 35.0 Å². The third kappa shape index (κ3) is 3.54. The number of hydrogen-bond acceptors (Lipinski definition) is 8. The summed E-state index contributed by atoms with van der Waals surface area (Å²) in [5.74, 6) is 2.11. The summed E-state index contributed by atoms with van der Waals surface area (Å²) in [7, 11) is 0. The lowest BCUT2D eigenvalue weighted by Gasteiger charge is -2.35. The van der Waals surface area contributed by atoms with Crippen LogP contribution in [0.5, 0.6) is 0 Å². The summed E-state index contributed by atoms with van der Waals surface area (Å²) in [6.45, 7) is 5.93. The molecule has 9 nitrogen and oxygen atoms in total. The fourth-order valence-electron chi connectivity index (χ4n) is 3.75. The molecule has 2 aliphatic heterocycles. The fourth-order valence-corrected chi connectivity index (χ4v) is 3.75. The topological polar surface area (TPSA) is 87.8 Å². The van der Waals surface area contributed by atoms with Gasteiger partial charge in [0.2, 0.25) is 0 Å². The van der Waals surface area contributed by atoms with Crippen molar-refractivity contribution in [1.29, 1.82) is 0 Å². The molecule has 2 saturated heterocycles. The number of amides is 1. The summed E-state index contributed by atoms with van der Waals surface area (Å²) in [5, 5.41) is 12.5. The monoisotopic (exact) mass is 384 g/mol. The number of nitrogens with zero attached hydrogens (tertiary/aromatic N) is 6. The molecule has 1 aliphatic carbocycles. The number of hydrogen-bond donors (Lipinski definition) is 0. The third-order valence-corrected chi connectivity index (χ3v) is 5.62. The smallest absolute Gasteiger partial charge is 0.276 e. The number of carbonyl (C=O) groups excluding carboxylic acids is 1. The van der Waals surface area contributed by atoms with Gasteiger partial charge in [-0.2, -0.15) is 5.10 Å². The van der Waals surface area contributed by atoms with Crippen molar-refractivity contribution >= 4 is 17.4 Å². The van der Waals surface area contributed by atoms with Crippen LogP contribution in [0, 0.1) is 0 Å². The lowest BCUT2D eigenvalue weighted by atomic mass is 10.2. The van der Waals surface area contributed by atoms with Gasteiger partial charge < -0.3 is 24.0 Å². The summed E-state index contributed by atoms with van der Waals surface area (Å²) < 4.78 is 10.7. The third-order valence-electron chi connectivity index (χ3n) is 5.62. The van der Waals surface area contributed by atoms with Gasteiger partial charge in [0.25, 0.3) is 5.91 Å². The van der Waals surface area contributed by atoms with E-state index in [1.165, 1.54) is 0 Å². The summed E-state index contributed by atoms with van der Waals surface area (Å²) >= 11 is 0. The van der Waals surface area contributed by atoms with Crippen LogP contribution in [-0.2, 0) is 4.74 Å². The molecule has 0 spiro atoms. The van der Waals surface area contributed by atoms with Crippen molar-refractivity contribution in [1.82, 2.24) is 20.3 Å². The predicted octanol–water partition coefficient (Wildman–Crippen LogP) is 1.14. The van der Waals surface area contributed by atoms with Gasteiger partial charge in [0.15, 0.2) is 11.5 Å². The molecule has 3 aliphatic rings. The van der Waals surface area contributed by atoms with Crippen molar-refractivity contribution in [2.24, 2.45) is 0 Å².